The lowest BCUT2D eigenvalue weighted by atomic mass is 10.2. The Labute approximate surface area is 103 Å². The van der Waals surface area contributed by atoms with Crippen LogP contribution in [-0.2, 0) is 0 Å². The van der Waals surface area contributed by atoms with E-state index in [0.717, 1.165) is 9.90 Å². The first-order chi connectivity index (χ1) is 7.81. The molecule has 1 N–H and O–H groups in total. The molecule has 1 amide bonds. The van der Waals surface area contributed by atoms with Crippen LogP contribution in [0.5, 0.6) is 0 Å². The Balaban J connectivity index is 2.14. The molecule has 16 heavy (non-hydrogen) atoms. The molecule has 1 aromatic heterocycles. The zero-order valence-corrected chi connectivity index (χ0v) is 10.4. The van der Waals surface area contributed by atoms with Crippen LogP contribution in [0.4, 0.5) is 5.69 Å². The van der Waals surface area contributed by atoms with Gasteiger partial charge in [0, 0.05) is 5.56 Å². The largest absolute Gasteiger partial charge is 0.320 e. The van der Waals surface area contributed by atoms with Crippen molar-refractivity contribution in [1.29, 1.82) is 0 Å². The fraction of sp³-hybridized carbons (Fsp3) is 0.0833. The van der Waals surface area contributed by atoms with E-state index in [4.69, 9.17) is 0 Å². The van der Waals surface area contributed by atoms with Crippen molar-refractivity contribution in [1.82, 2.24) is 0 Å². The van der Waals surface area contributed by atoms with Crippen molar-refractivity contribution in [3.8, 4) is 0 Å². The monoisotopic (exact) mass is 249 g/mol. The molecule has 82 valence electrons. The van der Waals surface area contributed by atoms with Crippen LogP contribution >= 0.6 is 23.1 Å². The normalized spacial score (nSPS) is 10.1. The highest BCUT2D eigenvalue weighted by molar-refractivity contribution is 8.00. The fourth-order valence-corrected chi connectivity index (χ4v) is 2.79. The summed E-state index contributed by atoms with van der Waals surface area (Å²) in [6.07, 6.45) is 2.00. The van der Waals surface area contributed by atoms with E-state index >= 15 is 0 Å². The number of carbonyl (C=O) groups is 1. The standard InChI is InChI=1S/C12H11NOS2/c1-15-12-10(7-8-16-12)13-11(14)9-5-3-2-4-6-9/h2-8H,1H3,(H,13,14). The van der Waals surface area contributed by atoms with Gasteiger partial charge in [-0.05, 0) is 29.8 Å². The van der Waals surface area contributed by atoms with Gasteiger partial charge in [-0.2, -0.15) is 0 Å². The Morgan fingerprint density at radius 3 is 2.69 bits per heavy atom. The van der Waals surface area contributed by atoms with Gasteiger partial charge in [0.25, 0.3) is 5.91 Å². The topological polar surface area (TPSA) is 29.1 Å². The summed E-state index contributed by atoms with van der Waals surface area (Å²) in [5, 5.41) is 4.89. The lowest BCUT2D eigenvalue weighted by Crippen LogP contribution is -2.11. The predicted molar refractivity (Wildman–Crippen MR) is 70.5 cm³/mol. The predicted octanol–water partition coefficient (Wildman–Crippen LogP) is 3.72. The molecule has 2 rings (SSSR count). The molecule has 0 bridgehead atoms. The van der Waals surface area contributed by atoms with Gasteiger partial charge in [0.1, 0.15) is 0 Å². The number of carbonyl (C=O) groups excluding carboxylic acids is 1. The Morgan fingerprint density at radius 2 is 2.00 bits per heavy atom. The number of hydrogen-bond donors (Lipinski definition) is 1. The fourth-order valence-electron chi connectivity index (χ4n) is 1.33. The van der Waals surface area contributed by atoms with Crippen LogP contribution in [0.1, 0.15) is 10.4 Å². The Bertz CT molecular complexity index is 479. The van der Waals surface area contributed by atoms with Gasteiger partial charge < -0.3 is 5.32 Å². The minimum atomic E-state index is -0.0608. The lowest BCUT2D eigenvalue weighted by Gasteiger charge is -2.04. The van der Waals surface area contributed by atoms with Gasteiger partial charge in [0.15, 0.2) is 0 Å². The summed E-state index contributed by atoms with van der Waals surface area (Å²) in [6.45, 7) is 0. The minimum absolute atomic E-state index is 0.0608. The highest BCUT2D eigenvalue weighted by Crippen LogP contribution is 2.31. The number of anilines is 1. The van der Waals surface area contributed by atoms with E-state index in [2.05, 4.69) is 5.32 Å². The third-order valence-electron chi connectivity index (χ3n) is 2.10. The summed E-state index contributed by atoms with van der Waals surface area (Å²) >= 11 is 3.28. The van der Waals surface area contributed by atoms with E-state index in [1.165, 1.54) is 0 Å². The highest BCUT2D eigenvalue weighted by Gasteiger charge is 2.08. The molecule has 1 heterocycles. The van der Waals surface area contributed by atoms with Crippen LogP contribution in [0.2, 0.25) is 0 Å². The van der Waals surface area contributed by atoms with Crippen molar-refractivity contribution in [2.45, 2.75) is 4.21 Å². The van der Waals surface area contributed by atoms with Crippen molar-refractivity contribution in [2.75, 3.05) is 11.6 Å². The Kier molecular flexibility index (Phi) is 3.64. The number of nitrogens with one attached hydrogen (secondary N) is 1. The summed E-state index contributed by atoms with van der Waals surface area (Å²) in [7, 11) is 0. The summed E-state index contributed by atoms with van der Waals surface area (Å²) in [5.74, 6) is -0.0608. The Hall–Kier alpha value is -1.26. The quantitative estimate of drug-likeness (QED) is 0.840. The van der Waals surface area contributed by atoms with E-state index in [1.54, 1.807) is 35.2 Å². The average Bonchev–Trinajstić information content (AvgIpc) is 2.77. The van der Waals surface area contributed by atoms with Crippen LogP contribution in [0.25, 0.3) is 0 Å². The molecule has 0 radical (unpaired) electrons. The zero-order valence-electron chi connectivity index (χ0n) is 8.77. The van der Waals surface area contributed by atoms with Gasteiger partial charge >= 0.3 is 0 Å². The number of thioether (sulfide) groups is 1. The second kappa shape index (κ2) is 5.18. The average molecular weight is 249 g/mol. The van der Waals surface area contributed by atoms with Gasteiger partial charge in [-0.3, -0.25) is 4.79 Å². The summed E-state index contributed by atoms with van der Waals surface area (Å²) in [6, 6.07) is 11.2. The summed E-state index contributed by atoms with van der Waals surface area (Å²) in [4.78, 5) is 11.9. The second-order valence-corrected chi connectivity index (χ2v) is 5.14. The lowest BCUT2D eigenvalue weighted by molar-refractivity contribution is 0.102. The minimum Gasteiger partial charge on any atom is -0.320 e. The molecular weight excluding hydrogens is 238 g/mol. The number of thiophene rings is 1. The van der Waals surface area contributed by atoms with Crippen LogP contribution in [-0.4, -0.2) is 12.2 Å². The molecule has 1 aromatic carbocycles. The first kappa shape index (κ1) is 11.2. The van der Waals surface area contributed by atoms with E-state index in [-0.39, 0.29) is 5.91 Å². The van der Waals surface area contributed by atoms with Crippen molar-refractivity contribution in [3.63, 3.8) is 0 Å². The van der Waals surface area contributed by atoms with Gasteiger partial charge in [-0.15, -0.1) is 23.1 Å². The summed E-state index contributed by atoms with van der Waals surface area (Å²) in [5.41, 5.74) is 1.58. The third kappa shape index (κ3) is 2.46. The van der Waals surface area contributed by atoms with E-state index in [1.807, 2.05) is 35.9 Å². The molecule has 0 aliphatic rings. The molecule has 2 aromatic rings. The highest BCUT2D eigenvalue weighted by atomic mass is 32.2. The maximum atomic E-state index is 11.9. The molecule has 0 saturated carbocycles. The molecule has 0 aliphatic heterocycles. The van der Waals surface area contributed by atoms with Crippen LogP contribution in [0.15, 0.2) is 46.0 Å². The van der Waals surface area contributed by atoms with Gasteiger partial charge in [0.2, 0.25) is 0 Å². The van der Waals surface area contributed by atoms with Crippen LogP contribution < -0.4 is 5.32 Å². The molecule has 0 saturated heterocycles. The molecular formula is C12H11NOS2. The van der Waals surface area contributed by atoms with Crippen LogP contribution in [0, 0.1) is 0 Å². The van der Waals surface area contributed by atoms with Crippen molar-refractivity contribution < 1.29 is 4.79 Å². The number of amides is 1. The zero-order chi connectivity index (χ0) is 11.4. The van der Waals surface area contributed by atoms with Gasteiger partial charge in [-0.25, -0.2) is 0 Å². The van der Waals surface area contributed by atoms with E-state index in [9.17, 15) is 4.79 Å². The molecule has 2 nitrogen and oxygen atoms in total. The molecule has 0 aliphatic carbocycles. The van der Waals surface area contributed by atoms with Crippen molar-refractivity contribution >= 4 is 34.7 Å². The number of benzene rings is 1. The molecule has 0 unspecified atom stereocenters. The molecule has 0 spiro atoms. The smallest absolute Gasteiger partial charge is 0.255 e. The van der Waals surface area contributed by atoms with Gasteiger partial charge in [-0.1, -0.05) is 18.2 Å². The maximum Gasteiger partial charge on any atom is 0.255 e. The number of rotatable bonds is 3. The van der Waals surface area contributed by atoms with Crippen LogP contribution in [0.3, 0.4) is 0 Å². The van der Waals surface area contributed by atoms with E-state index in [0.29, 0.717) is 5.56 Å². The van der Waals surface area contributed by atoms with Gasteiger partial charge in [0.05, 0.1) is 9.90 Å². The second-order valence-electron chi connectivity index (χ2n) is 3.15. The molecule has 0 fully saturated rings. The molecule has 4 heteroatoms. The third-order valence-corrected chi connectivity index (χ3v) is 4.18. The first-order valence-corrected chi connectivity index (χ1v) is 6.89. The van der Waals surface area contributed by atoms with E-state index < -0.39 is 0 Å². The Morgan fingerprint density at radius 1 is 1.25 bits per heavy atom. The first-order valence-electron chi connectivity index (χ1n) is 4.79. The summed E-state index contributed by atoms with van der Waals surface area (Å²) < 4.78 is 1.13. The number of hydrogen-bond acceptors (Lipinski definition) is 3. The maximum absolute atomic E-state index is 11.9. The van der Waals surface area contributed by atoms with Crippen molar-refractivity contribution in [3.05, 3.63) is 47.3 Å². The SMILES string of the molecule is CSc1sccc1NC(=O)c1ccccc1. The van der Waals surface area contributed by atoms with Crippen molar-refractivity contribution in [2.24, 2.45) is 0 Å². The molecule has 0 atom stereocenters.